The lowest BCUT2D eigenvalue weighted by atomic mass is 9.83. The van der Waals surface area contributed by atoms with Gasteiger partial charge in [0.05, 0.1) is 39.5 Å². The molecule has 190 valence electrons. The molecule has 1 atom stereocenters. The van der Waals surface area contributed by atoms with Crippen molar-refractivity contribution in [2.24, 2.45) is 5.73 Å². The quantitative estimate of drug-likeness (QED) is 0.264. The van der Waals surface area contributed by atoms with Crippen molar-refractivity contribution in [2.45, 2.75) is 50.0 Å². The van der Waals surface area contributed by atoms with Gasteiger partial charge in [-0.3, -0.25) is 0 Å². The molecule has 1 aromatic heterocycles. The molecule has 1 unspecified atom stereocenters. The number of aromatic nitrogens is 1. The van der Waals surface area contributed by atoms with Gasteiger partial charge in [0.2, 0.25) is 5.88 Å². The van der Waals surface area contributed by atoms with Gasteiger partial charge in [0.15, 0.2) is 0 Å². The summed E-state index contributed by atoms with van der Waals surface area (Å²) in [7, 11) is 0. The summed E-state index contributed by atoms with van der Waals surface area (Å²) >= 11 is 13.6. The molecule has 0 saturated carbocycles. The maximum atomic E-state index is 13.2. The van der Waals surface area contributed by atoms with Crippen molar-refractivity contribution < 1.29 is 14.3 Å². The van der Waals surface area contributed by atoms with Gasteiger partial charge >= 0.3 is 5.97 Å². The molecule has 0 bridgehead atoms. The van der Waals surface area contributed by atoms with E-state index in [2.05, 4.69) is 12.1 Å². The Kier molecular flexibility index (Phi) is 8.66. The summed E-state index contributed by atoms with van der Waals surface area (Å²) in [6.45, 7) is 1.82. The average molecular weight is 555 g/mol. The molecule has 1 aliphatic carbocycles. The molecule has 4 rings (SSSR count). The Balaban J connectivity index is 1.77. The van der Waals surface area contributed by atoms with E-state index in [1.54, 1.807) is 25.1 Å². The molecule has 37 heavy (non-hydrogen) atoms. The van der Waals surface area contributed by atoms with Crippen molar-refractivity contribution in [3.05, 3.63) is 79.5 Å². The summed E-state index contributed by atoms with van der Waals surface area (Å²) in [5, 5.41) is 20.8. The number of carbonyl (C=O) groups is 1. The van der Waals surface area contributed by atoms with Gasteiger partial charge in [-0.05, 0) is 61.9 Å². The van der Waals surface area contributed by atoms with Gasteiger partial charge < -0.3 is 15.2 Å². The Morgan fingerprint density at radius 2 is 1.97 bits per heavy atom. The number of hydrogen-bond donors (Lipinski definition) is 1. The highest BCUT2D eigenvalue weighted by atomic mass is 35.5. The largest absolute Gasteiger partial charge is 0.463 e. The van der Waals surface area contributed by atoms with Crippen LogP contribution in [0.4, 0.5) is 0 Å². The van der Waals surface area contributed by atoms with Crippen molar-refractivity contribution in [1.82, 2.24) is 4.98 Å². The highest BCUT2D eigenvalue weighted by molar-refractivity contribution is 7.99. The van der Waals surface area contributed by atoms with Crippen LogP contribution in [-0.4, -0.2) is 23.3 Å². The fourth-order valence-electron chi connectivity index (χ4n) is 4.50. The van der Waals surface area contributed by atoms with E-state index >= 15 is 0 Å². The molecular formula is C27H24Cl2N4O3S. The third kappa shape index (κ3) is 5.72. The van der Waals surface area contributed by atoms with E-state index in [0.29, 0.717) is 21.2 Å². The van der Waals surface area contributed by atoms with E-state index in [4.69, 9.17) is 43.4 Å². The average Bonchev–Trinajstić information content (AvgIpc) is 3.12. The fraction of sp³-hybridized carbons (Fsp3) is 0.333. The number of benzene rings is 1. The number of aryl methyl sites for hydroxylation is 2. The van der Waals surface area contributed by atoms with Crippen molar-refractivity contribution in [2.75, 3.05) is 12.4 Å². The van der Waals surface area contributed by atoms with Gasteiger partial charge in [-0.2, -0.15) is 10.5 Å². The molecule has 0 amide bonds. The van der Waals surface area contributed by atoms with Gasteiger partial charge in [-0.25, -0.2) is 9.78 Å². The molecule has 0 fully saturated rings. The van der Waals surface area contributed by atoms with Crippen LogP contribution in [0.3, 0.4) is 0 Å². The van der Waals surface area contributed by atoms with E-state index < -0.39 is 11.9 Å². The van der Waals surface area contributed by atoms with Gasteiger partial charge in [0.1, 0.15) is 28.5 Å². The Morgan fingerprint density at radius 3 is 2.68 bits per heavy atom. The second-order valence-electron chi connectivity index (χ2n) is 8.56. The first-order valence-corrected chi connectivity index (χ1v) is 13.6. The first kappa shape index (κ1) is 26.9. The van der Waals surface area contributed by atoms with Crippen molar-refractivity contribution in [3.8, 4) is 12.1 Å². The summed E-state index contributed by atoms with van der Waals surface area (Å²) in [5.41, 5.74) is 9.51. The number of ether oxygens (including phenoxy) is 2. The molecule has 0 spiro atoms. The molecule has 2 aliphatic rings. The predicted octanol–water partition coefficient (Wildman–Crippen LogP) is 5.95. The van der Waals surface area contributed by atoms with Crippen LogP contribution in [-0.2, 0) is 27.1 Å². The lowest BCUT2D eigenvalue weighted by molar-refractivity contribution is -0.139. The number of rotatable bonds is 6. The zero-order valence-electron chi connectivity index (χ0n) is 20.1. The van der Waals surface area contributed by atoms with Crippen LogP contribution in [0.5, 0.6) is 0 Å². The Hall–Kier alpha value is -3.17. The standard InChI is InChI=1S/C27H24Cl2N4O3S/c1-2-35-27(34)24-22(14-37-26-17(12-30)10-15-6-4-3-5-7-21(15)33-26)36-25(32)18(13-31)23(24)16-8-9-19(28)20(29)11-16/h8-11,23H,2-7,14,32H2,1H3. The highest BCUT2D eigenvalue weighted by Crippen LogP contribution is 2.42. The molecule has 0 radical (unpaired) electrons. The van der Waals surface area contributed by atoms with Crippen LogP contribution >= 0.6 is 35.0 Å². The summed E-state index contributed by atoms with van der Waals surface area (Å²) in [6, 6.07) is 11.1. The molecule has 10 heteroatoms. The number of hydrogen-bond acceptors (Lipinski definition) is 8. The minimum Gasteiger partial charge on any atom is -0.463 e. The van der Waals surface area contributed by atoms with E-state index in [-0.39, 0.29) is 40.2 Å². The zero-order chi connectivity index (χ0) is 26.5. The smallest absolute Gasteiger partial charge is 0.338 e. The van der Waals surface area contributed by atoms with Crippen molar-refractivity contribution >= 4 is 40.9 Å². The van der Waals surface area contributed by atoms with Crippen molar-refractivity contribution in [1.29, 1.82) is 10.5 Å². The van der Waals surface area contributed by atoms with Gasteiger partial charge in [0, 0.05) is 5.69 Å². The van der Waals surface area contributed by atoms with Gasteiger partial charge in [-0.1, -0.05) is 47.5 Å². The summed E-state index contributed by atoms with van der Waals surface area (Å²) in [4.78, 5) is 18.0. The molecule has 1 aromatic carbocycles. The molecular weight excluding hydrogens is 531 g/mol. The van der Waals surface area contributed by atoms with Crippen LogP contribution in [0.25, 0.3) is 0 Å². The van der Waals surface area contributed by atoms with Gasteiger partial charge in [0.25, 0.3) is 0 Å². The Bertz CT molecular complexity index is 1390. The van der Waals surface area contributed by atoms with E-state index in [9.17, 15) is 15.3 Å². The predicted molar refractivity (Wildman–Crippen MR) is 142 cm³/mol. The van der Waals surface area contributed by atoms with Crippen LogP contribution < -0.4 is 5.73 Å². The maximum Gasteiger partial charge on any atom is 0.338 e. The summed E-state index contributed by atoms with van der Waals surface area (Å²) < 4.78 is 11.2. The number of fused-ring (bicyclic) bond motifs is 1. The zero-order valence-corrected chi connectivity index (χ0v) is 22.5. The van der Waals surface area contributed by atoms with Crippen LogP contribution in [0.15, 0.2) is 52.1 Å². The molecule has 2 N–H and O–H groups in total. The lowest BCUT2D eigenvalue weighted by Gasteiger charge is -2.28. The molecule has 7 nitrogen and oxygen atoms in total. The summed E-state index contributed by atoms with van der Waals surface area (Å²) in [6.07, 6.45) is 5.04. The van der Waals surface area contributed by atoms with E-state index in [1.165, 1.54) is 11.8 Å². The minimum absolute atomic E-state index is 0.0658. The van der Waals surface area contributed by atoms with E-state index in [1.807, 2.05) is 6.07 Å². The van der Waals surface area contributed by atoms with E-state index in [0.717, 1.165) is 43.4 Å². The SMILES string of the molecule is CCOC(=O)C1=C(CSc2nc3c(cc2C#N)CCCCC3)OC(N)=C(C#N)C1c1ccc(Cl)c(Cl)c1. The third-order valence-corrected chi connectivity index (χ3v) is 7.98. The van der Waals surface area contributed by atoms with Crippen LogP contribution in [0, 0.1) is 22.7 Å². The van der Waals surface area contributed by atoms with Crippen LogP contribution in [0.2, 0.25) is 10.0 Å². The first-order valence-electron chi connectivity index (χ1n) is 11.9. The second-order valence-corrected chi connectivity index (χ2v) is 10.3. The van der Waals surface area contributed by atoms with Crippen molar-refractivity contribution in [3.63, 3.8) is 0 Å². The Labute approximate surface area is 229 Å². The number of nitriles is 2. The number of thioether (sulfide) groups is 1. The number of esters is 1. The van der Waals surface area contributed by atoms with Gasteiger partial charge in [-0.15, -0.1) is 0 Å². The molecule has 1 aliphatic heterocycles. The number of halogens is 2. The first-order chi connectivity index (χ1) is 17.9. The summed E-state index contributed by atoms with van der Waals surface area (Å²) in [5.74, 6) is -1.23. The lowest BCUT2D eigenvalue weighted by Crippen LogP contribution is -2.27. The second kappa shape index (κ2) is 11.9. The number of pyridine rings is 1. The number of nitrogens with zero attached hydrogens (tertiary/aromatic N) is 3. The third-order valence-electron chi connectivity index (χ3n) is 6.25. The normalized spacial score (nSPS) is 17.3. The fourth-order valence-corrected chi connectivity index (χ4v) is 5.72. The monoisotopic (exact) mass is 554 g/mol. The molecule has 0 saturated heterocycles. The minimum atomic E-state index is -0.862. The number of nitrogens with two attached hydrogens (primary N) is 1. The topological polar surface area (TPSA) is 122 Å². The number of carbonyl (C=O) groups excluding carboxylic acids is 1. The molecule has 2 aromatic rings. The number of allylic oxidation sites excluding steroid dienone is 1. The van der Waals surface area contributed by atoms with Crippen LogP contribution in [0.1, 0.15) is 54.5 Å². The molecule has 2 heterocycles. The maximum absolute atomic E-state index is 13.2. The highest BCUT2D eigenvalue weighted by Gasteiger charge is 2.38. The Morgan fingerprint density at radius 1 is 1.19 bits per heavy atom.